The number of rotatable bonds is 3. The summed E-state index contributed by atoms with van der Waals surface area (Å²) < 4.78 is 26.6. The predicted octanol–water partition coefficient (Wildman–Crippen LogP) is 2.22. The number of nitrogens with zero attached hydrogens (tertiary/aromatic N) is 4. The molecule has 1 saturated heterocycles. The number of imidazole rings is 1. The number of urea groups is 1. The van der Waals surface area contributed by atoms with Crippen molar-refractivity contribution in [2.45, 2.75) is 19.3 Å². The van der Waals surface area contributed by atoms with Gasteiger partial charge in [0.15, 0.2) is 11.3 Å². The zero-order valence-corrected chi connectivity index (χ0v) is 13.6. The molecule has 0 bridgehead atoms. The van der Waals surface area contributed by atoms with Crippen LogP contribution in [0.5, 0.6) is 0 Å². The van der Waals surface area contributed by atoms with Crippen LogP contribution in [0.3, 0.4) is 0 Å². The van der Waals surface area contributed by atoms with Crippen LogP contribution in [0.1, 0.15) is 18.5 Å². The number of likely N-dealkylation sites (tertiary alicyclic amines) is 1. The molecule has 0 saturated carbocycles. The Morgan fingerprint density at radius 1 is 1.40 bits per heavy atom. The van der Waals surface area contributed by atoms with E-state index in [2.05, 4.69) is 27.2 Å². The van der Waals surface area contributed by atoms with Gasteiger partial charge in [0, 0.05) is 37.1 Å². The number of aromatic amines is 1. The monoisotopic (exact) mass is 348 g/mol. The SMILES string of the molecule is C[C@@H]1CN(C(=O)NCC(F)F)C[C@@H]1c1cnc2cnc3[nH]ccc3n12. The van der Waals surface area contributed by atoms with E-state index in [-0.39, 0.29) is 11.8 Å². The number of H-pyrrole nitrogens is 1. The first kappa shape index (κ1) is 15.8. The molecular formula is C16H18F2N6O. The van der Waals surface area contributed by atoms with Crippen LogP contribution >= 0.6 is 0 Å². The fourth-order valence-corrected chi connectivity index (χ4v) is 3.55. The summed E-state index contributed by atoms with van der Waals surface area (Å²) in [6.07, 6.45) is 2.79. The van der Waals surface area contributed by atoms with Crippen LogP contribution < -0.4 is 5.32 Å². The van der Waals surface area contributed by atoms with Gasteiger partial charge >= 0.3 is 6.03 Å². The minimum atomic E-state index is -2.55. The van der Waals surface area contributed by atoms with Gasteiger partial charge in [-0.05, 0) is 12.0 Å². The molecule has 0 aliphatic carbocycles. The van der Waals surface area contributed by atoms with Gasteiger partial charge in [-0.3, -0.25) is 4.40 Å². The Labute approximate surface area is 142 Å². The fourth-order valence-electron chi connectivity index (χ4n) is 3.55. The Kier molecular flexibility index (Phi) is 3.78. The summed E-state index contributed by atoms with van der Waals surface area (Å²) in [6, 6.07) is 1.49. The molecule has 4 heterocycles. The van der Waals surface area contributed by atoms with Gasteiger partial charge in [-0.1, -0.05) is 6.92 Å². The number of halogens is 2. The summed E-state index contributed by atoms with van der Waals surface area (Å²) in [6.45, 7) is 2.42. The van der Waals surface area contributed by atoms with Gasteiger partial charge in [0.25, 0.3) is 6.43 Å². The maximum Gasteiger partial charge on any atom is 0.317 e. The third-order valence-corrected chi connectivity index (χ3v) is 4.76. The summed E-state index contributed by atoms with van der Waals surface area (Å²) in [5.74, 6) is 0.271. The highest BCUT2D eigenvalue weighted by Gasteiger charge is 2.35. The van der Waals surface area contributed by atoms with Crippen molar-refractivity contribution in [3.63, 3.8) is 0 Å². The van der Waals surface area contributed by atoms with Gasteiger partial charge < -0.3 is 15.2 Å². The number of hydrogen-bond donors (Lipinski definition) is 2. The molecule has 3 aromatic rings. The van der Waals surface area contributed by atoms with E-state index in [9.17, 15) is 13.6 Å². The molecule has 0 spiro atoms. The van der Waals surface area contributed by atoms with Crippen LogP contribution in [0, 0.1) is 5.92 Å². The van der Waals surface area contributed by atoms with E-state index in [0.29, 0.717) is 13.1 Å². The molecule has 0 unspecified atom stereocenters. The molecule has 1 aliphatic heterocycles. The maximum atomic E-state index is 12.3. The van der Waals surface area contributed by atoms with E-state index in [4.69, 9.17) is 0 Å². The molecule has 2 amide bonds. The number of alkyl halides is 2. The normalized spacial score (nSPS) is 20.9. The van der Waals surface area contributed by atoms with Gasteiger partial charge in [0.2, 0.25) is 0 Å². The van der Waals surface area contributed by atoms with Crippen molar-refractivity contribution in [3.05, 3.63) is 30.4 Å². The van der Waals surface area contributed by atoms with Crippen LogP contribution in [0.4, 0.5) is 13.6 Å². The average Bonchev–Trinajstić information content (AvgIpc) is 3.28. The lowest BCUT2D eigenvalue weighted by atomic mass is 9.95. The van der Waals surface area contributed by atoms with Crippen LogP contribution in [0.15, 0.2) is 24.7 Å². The first-order valence-corrected chi connectivity index (χ1v) is 8.15. The standard InChI is InChI=1S/C16H18F2N6O/c1-9-7-23(16(25)22-5-13(17)18)8-10(9)12-4-20-14-6-21-15-11(24(12)14)2-3-19-15/h2-4,6,9-10,13,19H,5,7-8H2,1H3,(H,22,25)/t9-,10+/m1/s1. The first-order chi connectivity index (χ1) is 12.0. The second-order valence-electron chi connectivity index (χ2n) is 6.41. The van der Waals surface area contributed by atoms with E-state index < -0.39 is 19.0 Å². The number of carbonyl (C=O) groups is 1. The number of aromatic nitrogens is 4. The number of nitrogens with one attached hydrogen (secondary N) is 2. The summed E-state index contributed by atoms with van der Waals surface area (Å²) >= 11 is 0. The topological polar surface area (TPSA) is 78.3 Å². The minimum Gasteiger partial charge on any atom is -0.345 e. The summed E-state index contributed by atoms with van der Waals surface area (Å²) in [4.78, 5) is 25.5. The Balaban J connectivity index is 1.63. The van der Waals surface area contributed by atoms with E-state index in [1.54, 1.807) is 11.1 Å². The van der Waals surface area contributed by atoms with Crippen molar-refractivity contribution in [1.29, 1.82) is 0 Å². The molecule has 1 fully saturated rings. The van der Waals surface area contributed by atoms with Crippen molar-refractivity contribution in [2.24, 2.45) is 5.92 Å². The predicted molar refractivity (Wildman–Crippen MR) is 87.7 cm³/mol. The number of carbonyl (C=O) groups excluding carboxylic acids is 1. The van der Waals surface area contributed by atoms with Crippen molar-refractivity contribution >= 4 is 22.8 Å². The lowest BCUT2D eigenvalue weighted by Gasteiger charge is -2.17. The second-order valence-corrected chi connectivity index (χ2v) is 6.41. The Hall–Kier alpha value is -2.71. The quantitative estimate of drug-likeness (QED) is 0.762. The molecular weight excluding hydrogens is 330 g/mol. The summed E-state index contributed by atoms with van der Waals surface area (Å²) in [5, 5.41) is 2.27. The molecule has 3 aromatic heterocycles. The fraction of sp³-hybridized carbons (Fsp3) is 0.438. The lowest BCUT2D eigenvalue weighted by Crippen LogP contribution is -2.40. The molecule has 1 aliphatic rings. The first-order valence-electron chi connectivity index (χ1n) is 8.15. The molecule has 7 nitrogen and oxygen atoms in total. The van der Waals surface area contributed by atoms with E-state index in [1.165, 1.54) is 0 Å². The van der Waals surface area contributed by atoms with Gasteiger partial charge in [0.05, 0.1) is 18.3 Å². The third-order valence-electron chi connectivity index (χ3n) is 4.76. The molecule has 0 radical (unpaired) electrons. The van der Waals surface area contributed by atoms with E-state index >= 15 is 0 Å². The second kappa shape index (κ2) is 5.98. The molecule has 2 N–H and O–H groups in total. The van der Waals surface area contributed by atoms with Crippen LogP contribution in [-0.2, 0) is 0 Å². The van der Waals surface area contributed by atoms with E-state index in [1.807, 2.05) is 22.9 Å². The summed E-state index contributed by atoms with van der Waals surface area (Å²) in [5.41, 5.74) is 3.44. The Bertz CT molecular complexity index is 920. The smallest absolute Gasteiger partial charge is 0.317 e. The number of hydrogen-bond acceptors (Lipinski definition) is 3. The highest BCUT2D eigenvalue weighted by atomic mass is 19.3. The van der Waals surface area contributed by atoms with Crippen molar-refractivity contribution in [2.75, 3.05) is 19.6 Å². The Morgan fingerprint density at radius 2 is 2.24 bits per heavy atom. The highest BCUT2D eigenvalue weighted by Crippen LogP contribution is 2.33. The minimum absolute atomic E-state index is 0.0767. The van der Waals surface area contributed by atoms with Gasteiger partial charge in [-0.2, -0.15) is 0 Å². The zero-order valence-electron chi connectivity index (χ0n) is 13.6. The molecule has 9 heteroatoms. The molecule has 132 valence electrons. The summed E-state index contributed by atoms with van der Waals surface area (Å²) in [7, 11) is 0. The number of fused-ring (bicyclic) bond motifs is 3. The van der Waals surface area contributed by atoms with Gasteiger partial charge in [0.1, 0.15) is 0 Å². The highest BCUT2D eigenvalue weighted by molar-refractivity contribution is 5.76. The molecule has 2 atom stereocenters. The lowest BCUT2D eigenvalue weighted by molar-refractivity contribution is 0.141. The third kappa shape index (κ3) is 2.69. The van der Waals surface area contributed by atoms with Crippen molar-refractivity contribution < 1.29 is 13.6 Å². The van der Waals surface area contributed by atoms with Crippen molar-refractivity contribution in [1.82, 2.24) is 29.6 Å². The largest absolute Gasteiger partial charge is 0.345 e. The van der Waals surface area contributed by atoms with Gasteiger partial charge in [-0.15, -0.1) is 0 Å². The zero-order chi connectivity index (χ0) is 17.6. The molecule has 0 aromatic carbocycles. The average molecular weight is 348 g/mol. The van der Waals surface area contributed by atoms with Crippen LogP contribution in [0.2, 0.25) is 0 Å². The van der Waals surface area contributed by atoms with Crippen LogP contribution in [-0.4, -0.2) is 56.3 Å². The van der Waals surface area contributed by atoms with Crippen LogP contribution in [0.25, 0.3) is 16.8 Å². The van der Waals surface area contributed by atoms with E-state index in [0.717, 1.165) is 22.5 Å². The van der Waals surface area contributed by atoms with Crippen molar-refractivity contribution in [3.8, 4) is 0 Å². The Morgan fingerprint density at radius 3 is 3.04 bits per heavy atom. The number of amides is 2. The maximum absolute atomic E-state index is 12.3. The molecule has 4 rings (SSSR count). The van der Waals surface area contributed by atoms with Gasteiger partial charge in [-0.25, -0.2) is 23.5 Å². The molecule has 25 heavy (non-hydrogen) atoms.